The summed E-state index contributed by atoms with van der Waals surface area (Å²) in [5.74, 6) is -1.02. The van der Waals surface area contributed by atoms with Gasteiger partial charge in [-0.1, -0.05) is 18.2 Å². The van der Waals surface area contributed by atoms with Crippen LogP contribution in [-0.4, -0.2) is 43.0 Å². The van der Waals surface area contributed by atoms with Gasteiger partial charge in [-0.15, -0.1) is 0 Å². The molecule has 1 aromatic carbocycles. The third-order valence-electron chi connectivity index (χ3n) is 4.27. The van der Waals surface area contributed by atoms with Crippen molar-refractivity contribution in [1.82, 2.24) is 4.98 Å². The Morgan fingerprint density at radius 1 is 1.11 bits per heavy atom. The van der Waals surface area contributed by atoms with Crippen LogP contribution in [-0.2, 0) is 14.3 Å². The monoisotopic (exact) mass is 385 g/mol. The van der Waals surface area contributed by atoms with Crippen molar-refractivity contribution in [2.24, 2.45) is 0 Å². The number of methoxy groups -OCH3 is 2. The second-order valence-electron chi connectivity index (χ2n) is 6.14. The van der Waals surface area contributed by atoms with E-state index in [0.717, 1.165) is 0 Å². The van der Waals surface area contributed by atoms with Gasteiger partial charge < -0.3 is 19.2 Å². The van der Waals surface area contributed by atoms with Gasteiger partial charge >= 0.3 is 11.9 Å². The van der Waals surface area contributed by atoms with Crippen LogP contribution in [0.2, 0.25) is 0 Å². The summed E-state index contributed by atoms with van der Waals surface area (Å²) in [6.07, 6.45) is 1.75. The summed E-state index contributed by atoms with van der Waals surface area (Å²) in [5.41, 5.74) is 2.20. The normalized spacial score (nSPS) is 11.9. The first-order valence-electron chi connectivity index (χ1n) is 8.63. The highest BCUT2D eigenvalue weighted by Crippen LogP contribution is 2.21. The molecular formula is C21H23NO6. The summed E-state index contributed by atoms with van der Waals surface area (Å²) in [6.45, 7) is 4.78. The van der Waals surface area contributed by atoms with Crippen molar-refractivity contribution in [2.75, 3.05) is 14.2 Å². The molecule has 0 amide bonds. The van der Waals surface area contributed by atoms with E-state index in [1.807, 2.05) is 12.1 Å². The van der Waals surface area contributed by atoms with Crippen LogP contribution in [0.3, 0.4) is 0 Å². The zero-order valence-corrected chi connectivity index (χ0v) is 16.5. The predicted molar refractivity (Wildman–Crippen MR) is 104 cm³/mol. The van der Waals surface area contributed by atoms with Crippen LogP contribution in [0.25, 0.3) is 6.08 Å². The molecule has 28 heavy (non-hydrogen) atoms. The molecule has 0 aliphatic heterocycles. The molecule has 0 unspecified atom stereocenters. The van der Waals surface area contributed by atoms with Gasteiger partial charge in [-0.2, -0.15) is 0 Å². The Morgan fingerprint density at radius 3 is 2.43 bits per heavy atom. The maximum atomic E-state index is 12.6. The van der Waals surface area contributed by atoms with Crippen molar-refractivity contribution in [3.05, 3.63) is 58.4 Å². The van der Waals surface area contributed by atoms with Gasteiger partial charge in [0.2, 0.25) is 5.78 Å². The minimum atomic E-state index is -1.03. The molecule has 1 N–H and O–H groups in total. The number of esters is 2. The summed E-state index contributed by atoms with van der Waals surface area (Å²) >= 11 is 0. The lowest BCUT2D eigenvalue weighted by atomic mass is 10.1. The average molecular weight is 385 g/mol. The molecule has 0 radical (unpaired) electrons. The number of carbonyl (C=O) groups is 3. The predicted octanol–water partition coefficient (Wildman–Crippen LogP) is 3.25. The highest BCUT2D eigenvalue weighted by molar-refractivity contribution is 6.04. The van der Waals surface area contributed by atoms with E-state index in [1.54, 1.807) is 32.1 Å². The Labute approximate surface area is 163 Å². The first-order chi connectivity index (χ1) is 13.3. The number of aryl methyl sites for hydroxylation is 1. The van der Waals surface area contributed by atoms with Gasteiger partial charge in [-0.3, -0.25) is 4.79 Å². The van der Waals surface area contributed by atoms with E-state index in [0.29, 0.717) is 28.1 Å². The van der Waals surface area contributed by atoms with Crippen LogP contribution in [0.1, 0.15) is 44.6 Å². The summed E-state index contributed by atoms with van der Waals surface area (Å²) < 4.78 is 15.1. The number of carbonyl (C=O) groups excluding carboxylic acids is 3. The number of nitrogens with one attached hydrogen (secondary N) is 1. The van der Waals surface area contributed by atoms with Gasteiger partial charge in [-0.25, -0.2) is 9.59 Å². The smallest absolute Gasteiger partial charge is 0.339 e. The van der Waals surface area contributed by atoms with Gasteiger partial charge in [0.1, 0.15) is 5.75 Å². The van der Waals surface area contributed by atoms with Crippen LogP contribution in [0, 0.1) is 13.8 Å². The van der Waals surface area contributed by atoms with E-state index >= 15 is 0 Å². The average Bonchev–Trinajstić information content (AvgIpc) is 2.99. The number of hydrogen-bond donors (Lipinski definition) is 1. The maximum absolute atomic E-state index is 12.6. The zero-order valence-electron chi connectivity index (χ0n) is 16.5. The molecule has 0 fully saturated rings. The fraction of sp³-hybridized carbons (Fsp3) is 0.286. The molecule has 1 aromatic heterocycles. The number of H-pyrrole nitrogens is 1. The summed E-state index contributed by atoms with van der Waals surface area (Å²) in [6, 6.07) is 7.19. The van der Waals surface area contributed by atoms with Crippen molar-refractivity contribution >= 4 is 23.8 Å². The topological polar surface area (TPSA) is 94.7 Å². The van der Waals surface area contributed by atoms with E-state index < -0.39 is 23.8 Å². The number of benzene rings is 1. The highest BCUT2D eigenvalue weighted by atomic mass is 16.5. The molecule has 1 atom stereocenters. The Morgan fingerprint density at radius 2 is 1.79 bits per heavy atom. The van der Waals surface area contributed by atoms with Crippen molar-refractivity contribution in [3.8, 4) is 5.75 Å². The van der Waals surface area contributed by atoms with Crippen molar-refractivity contribution < 1.29 is 28.6 Å². The quantitative estimate of drug-likeness (QED) is 0.447. The Hall–Kier alpha value is -3.35. The molecule has 0 spiro atoms. The van der Waals surface area contributed by atoms with E-state index in [-0.39, 0.29) is 5.69 Å². The van der Waals surface area contributed by atoms with Crippen LogP contribution in [0.4, 0.5) is 0 Å². The van der Waals surface area contributed by atoms with E-state index in [9.17, 15) is 14.4 Å². The number of hydrogen-bond acceptors (Lipinski definition) is 6. The van der Waals surface area contributed by atoms with Gasteiger partial charge in [0.25, 0.3) is 0 Å². The molecular weight excluding hydrogens is 362 g/mol. The lowest BCUT2D eigenvalue weighted by molar-refractivity contribution is -0.140. The third kappa shape index (κ3) is 4.49. The van der Waals surface area contributed by atoms with Crippen LogP contribution < -0.4 is 4.74 Å². The van der Waals surface area contributed by atoms with Gasteiger partial charge in [-0.05, 0) is 38.5 Å². The third-order valence-corrected chi connectivity index (χ3v) is 4.27. The number of Topliss-reactive ketones (excluding diaryl/α,β-unsaturated/α-hetero) is 1. The maximum Gasteiger partial charge on any atom is 0.339 e. The lowest BCUT2D eigenvalue weighted by Gasteiger charge is -2.11. The molecule has 1 heterocycles. The highest BCUT2D eigenvalue weighted by Gasteiger charge is 2.26. The molecule has 7 nitrogen and oxygen atoms in total. The minimum Gasteiger partial charge on any atom is -0.496 e. The number of ketones is 1. The van der Waals surface area contributed by atoms with Crippen molar-refractivity contribution in [3.63, 3.8) is 0 Å². The second-order valence-corrected chi connectivity index (χ2v) is 6.14. The minimum absolute atomic E-state index is 0.215. The molecule has 0 aliphatic carbocycles. The van der Waals surface area contributed by atoms with E-state index in [4.69, 9.17) is 14.2 Å². The Balaban J connectivity index is 2.11. The number of ether oxygens (including phenoxy) is 3. The Bertz CT molecular complexity index is 925. The zero-order chi connectivity index (χ0) is 20.8. The largest absolute Gasteiger partial charge is 0.496 e. The molecule has 148 valence electrons. The molecule has 0 saturated heterocycles. The fourth-order valence-corrected chi connectivity index (χ4v) is 2.84. The molecule has 2 aromatic rings. The SMILES string of the molecule is COC(=O)c1c(C)[nH]c(C(=O)[C@@H](C)OC(=O)/C=C/c2ccccc2OC)c1C. The van der Waals surface area contributed by atoms with E-state index in [2.05, 4.69) is 4.98 Å². The molecule has 0 aliphatic rings. The fourth-order valence-electron chi connectivity index (χ4n) is 2.84. The van der Waals surface area contributed by atoms with Crippen LogP contribution in [0.15, 0.2) is 30.3 Å². The van der Waals surface area contributed by atoms with Crippen molar-refractivity contribution in [1.29, 1.82) is 0 Å². The number of rotatable bonds is 7. The molecule has 0 saturated carbocycles. The number of para-hydroxylation sites is 1. The standard InChI is InChI=1S/C21H23NO6/c1-12-18(21(25)27-5)13(2)22-19(12)20(24)14(3)28-17(23)11-10-15-8-6-7-9-16(15)26-4/h6-11,14,22H,1-5H3/b11-10+/t14-/m1/s1. The summed E-state index contributed by atoms with van der Waals surface area (Å²) in [7, 11) is 2.81. The summed E-state index contributed by atoms with van der Waals surface area (Å²) in [4.78, 5) is 39.5. The molecule has 2 rings (SSSR count). The first-order valence-corrected chi connectivity index (χ1v) is 8.63. The van der Waals surface area contributed by atoms with Gasteiger partial charge in [0.15, 0.2) is 6.10 Å². The summed E-state index contributed by atoms with van der Waals surface area (Å²) in [5, 5.41) is 0. The van der Waals surface area contributed by atoms with Crippen LogP contribution in [0.5, 0.6) is 5.75 Å². The van der Waals surface area contributed by atoms with Crippen LogP contribution >= 0.6 is 0 Å². The van der Waals surface area contributed by atoms with Gasteiger partial charge in [0.05, 0.1) is 25.5 Å². The number of aromatic nitrogens is 1. The molecule has 0 bridgehead atoms. The molecule has 7 heteroatoms. The van der Waals surface area contributed by atoms with Gasteiger partial charge in [0, 0.05) is 17.3 Å². The van der Waals surface area contributed by atoms with Crippen molar-refractivity contribution in [2.45, 2.75) is 26.9 Å². The second kappa shape index (κ2) is 9.03. The Kier molecular flexibility index (Phi) is 6.76. The number of aromatic amines is 1. The first kappa shape index (κ1) is 21.0. The lowest BCUT2D eigenvalue weighted by Crippen LogP contribution is -2.24. The van der Waals surface area contributed by atoms with E-state index in [1.165, 1.54) is 27.2 Å².